The standard InChI is InChI=1S/C20H19N5O2/c1-12-9-13(18-16(10-21)19(22)25-24-18)7-8-14(12)11-23-20(26)15-5-3-4-6-17(15)27-2/h3-9H,11H2,1-2H3,(H,23,26)(H3,22,24,25). The summed E-state index contributed by atoms with van der Waals surface area (Å²) in [6.45, 7) is 2.31. The number of nitriles is 1. The van der Waals surface area contributed by atoms with Gasteiger partial charge in [0.15, 0.2) is 0 Å². The van der Waals surface area contributed by atoms with E-state index in [1.54, 1.807) is 18.2 Å². The molecule has 3 aromatic rings. The average Bonchev–Trinajstić information content (AvgIpc) is 3.07. The first kappa shape index (κ1) is 18.0. The van der Waals surface area contributed by atoms with Crippen LogP contribution in [-0.4, -0.2) is 23.2 Å². The van der Waals surface area contributed by atoms with Crippen LogP contribution in [-0.2, 0) is 6.54 Å². The van der Waals surface area contributed by atoms with Crippen LogP contribution in [0.2, 0.25) is 0 Å². The monoisotopic (exact) mass is 361 g/mol. The first-order valence-corrected chi connectivity index (χ1v) is 8.30. The number of nitrogens with zero attached hydrogens (tertiary/aromatic N) is 2. The van der Waals surface area contributed by atoms with Crippen molar-refractivity contribution in [3.63, 3.8) is 0 Å². The van der Waals surface area contributed by atoms with Gasteiger partial charge in [-0.15, -0.1) is 0 Å². The summed E-state index contributed by atoms with van der Waals surface area (Å²) >= 11 is 0. The SMILES string of the molecule is COc1ccccc1C(=O)NCc1ccc(-c2n[nH]c(N)c2C#N)cc1C. The molecule has 136 valence electrons. The lowest BCUT2D eigenvalue weighted by atomic mass is 10.0. The minimum Gasteiger partial charge on any atom is -0.496 e. The Morgan fingerprint density at radius 1 is 1.33 bits per heavy atom. The second-order valence-corrected chi connectivity index (χ2v) is 6.00. The molecule has 4 N–H and O–H groups in total. The third-order valence-electron chi connectivity index (χ3n) is 4.31. The summed E-state index contributed by atoms with van der Waals surface area (Å²) in [5.74, 6) is 0.572. The number of aryl methyl sites for hydroxylation is 1. The van der Waals surface area contributed by atoms with Crippen LogP contribution in [0.1, 0.15) is 27.0 Å². The van der Waals surface area contributed by atoms with Gasteiger partial charge in [0.1, 0.15) is 28.9 Å². The highest BCUT2D eigenvalue weighted by Crippen LogP contribution is 2.26. The Morgan fingerprint density at radius 2 is 2.11 bits per heavy atom. The van der Waals surface area contributed by atoms with Crippen LogP contribution >= 0.6 is 0 Å². The normalized spacial score (nSPS) is 10.3. The highest BCUT2D eigenvalue weighted by molar-refractivity contribution is 5.96. The lowest BCUT2D eigenvalue weighted by Crippen LogP contribution is -2.23. The summed E-state index contributed by atoms with van der Waals surface area (Å²) in [5, 5.41) is 18.9. The molecule has 0 aliphatic heterocycles. The number of nitrogens with one attached hydrogen (secondary N) is 2. The number of rotatable bonds is 5. The molecule has 1 heterocycles. The van der Waals surface area contributed by atoms with Crippen molar-refractivity contribution in [3.05, 3.63) is 64.7 Å². The lowest BCUT2D eigenvalue weighted by Gasteiger charge is -2.11. The molecule has 2 aromatic carbocycles. The molecule has 0 aliphatic carbocycles. The fraction of sp³-hybridized carbons (Fsp3) is 0.150. The summed E-state index contributed by atoms with van der Waals surface area (Å²) < 4.78 is 5.22. The van der Waals surface area contributed by atoms with Crippen LogP contribution in [0.15, 0.2) is 42.5 Å². The van der Waals surface area contributed by atoms with Gasteiger partial charge in [-0.1, -0.05) is 24.3 Å². The van der Waals surface area contributed by atoms with Crippen molar-refractivity contribution < 1.29 is 9.53 Å². The highest BCUT2D eigenvalue weighted by atomic mass is 16.5. The van der Waals surface area contributed by atoms with Gasteiger partial charge in [-0.3, -0.25) is 9.89 Å². The van der Waals surface area contributed by atoms with Gasteiger partial charge >= 0.3 is 0 Å². The summed E-state index contributed by atoms with van der Waals surface area (Å²) in [4.78, 5) is 12.4. The van der Waals surface area contributed by atoms with Crippen molar-refractivity contribution in [1.29, 1.82) is 5.26 Å². The number of H-pyrrole nitrogens is 1. The van der Waals surface area contributed by atoms with E-state index in [4.69, 9.17) is 10.5 Å². The van der Waals surface area contributed by atoms with Crippen molar-refractivity contribution in [2.75, 3.05) is 12.8 Å². The van der Waals surface area contributed by atoms with E-state index in [1.807, 2.05) is 31.2 Å². The van der Waals surface area contributed by atoms with E-state index in [0.717, 1.165) is 16.7 Å². The number of nitrogens with two attached hydrogens (primary N) is 1. The number of carbonyl (C=O) groups excluding carboxylic acids is 1. The van der Waals surface area contributed by atoms with E-state index in [9.17, 15) is 10.1 Å². The van der Waals surface area contributed by atoms with Crippen molar-refractivity contribution in [1.82, 2.24) is 15.5 Å². The number of anilines is 1. The van der Waals surface area contributed by atoms with Gasteiger partial charge in [-0.05, 0) is 36.2 Å². The van der Waals surface area contributed by atoms with Crippen LogP contribution in [0.5, 0.6) is 5.75 Å². The zero-order valence-electron chi connectivity index (χ0n) is 15.0. The average molecular weight is 361 g/mol. The number of hydrogen-bond acceptors (Lipinski definition) is 5. The van der Waals surface area contributed by atoms with Crippen molar-refractivity contribution in [2.24, 2.45) is 0 Å². The largest absolute Gasteiger partial charge is 0.496 e. The molecule has 3 rings (SSSR count). The van der Waals surface area contributed by atoms with E-state index in [0.29, 0.717) is 29.1 Å². The maximum Gasteiger partial charge on any atom is 0.255 e. The fourth-order valence-electron chi connectivity index (χ4n) is 2.82. The van der Waals surface area contributed by atoms with E-state index < -0.39 is 0 Å². The number of carbonyl (C=O) groups is 1. The Hall–Kier alpha value is -3.79. The summed E-state index contributed by atoms with van der Waals surface area (Å²) in [5.41, 5.74) is 9.77. The third-order valence-corrected chi connectivity index (χ3v) is 4.31. The molecule has 1 amide bonds. The first-order chi connectivity index (χ1) is 13.0. The van der Waals surface area contributed by atoms with Gasteiger partial charge in [0, 0.05) is 12.1 Å². The van der Waals surface area contributed by atoms with E-state index in [-0.39, 0.29) is 11.7 Å². The molecule has 0 spiro atoms. The van der Waals surface area contributed by atoms with Gasteiger partial charge in [0.05, 0.1) is 12.7 Å². The molecule has 0 atom stereocenters. The van der Waals surface area contributed by atoms with Gasteiger partial charge < -0.3 is 15.8 Å². The number of benzene rings is 2. The molecule has 1 aromatic heterocycles. The molecule has 0 bridgehead atoms. The Morgan fingerprint density at radius 3 is 2.81 bits per heavy atom. The smallest absolute Gasteiger partial charge is 0.255 e. The number of hydrogen-bond donors (Lipinski definition) is 3. The predicted octanol–water partition coefficient (Wildman–Crippen LogP) is 2.78. The van der Waals surface area contributed by atoms with Crippen LogP contribution in [0, 0.1) is 18.3 Å². The molecule has 0 fully saturated rings. The van der Waals surface area contributed by atoms with Crippen LogP contribution in [0.4, 0.5) is 5.82 Å². The van der Waals surface area contributed by atoms with E-state index in [1.165, 1.54) is 7.11 Å². The quantitative estimate of drug-likeness (QED) is 0.646. The molecule has 0 unspecified atom stereocenters. The van der Waals surface area contributed by atoms with Gasteiger partial charge in [0.2, 0.25) is 0 Å². The zero-order valence-corrected chi connectivity index (χ0v) is 15.0. The minimum atomic E-state index is -0.206. The number of ether oxygens (including phenoxy) is 1. The topological polar surface area (TPSA) is 117 Å². The second-order valence-electron chi connectivity index (χ2n) is 6.00. The maximum absolute atomic E-state index is 12.4. The van der Waals surface area contributed by atoms with Crippen LogP contribution in [0.25, 0.3) is 11.3 Å². The van der Waals surface area contributed by atoms with Gasteiger partial charge in [0.25, 0.3) is 5.91 Å². The molecule has 7 nitrogen and oxygen atoms in total. The fourth-order valence-corrected chi connectivity index (χ4v) is 2.82. The van der Waals surface area contributed by atoms with Crippen LogP contribution in [0.3, 0.4) is 0 Å². The van der Waals surface area contributed by atoms with Gasteiger partial charge in [-0.25, -0.2) is 0 Å². The number of aromatic nitrogens is 2. The maximum atomic E-state index is 12.4. The Bertz CT molecular complexity index is 1030. The first-order valence-electron chi connectivity index (χ1n) is 8.30. The van der Waals surface area contributed by atoms with E-state index >= 15 is 0 Å². The molecule has 0 radical (unpaired) electrons. The van der Waals surface area contributed by atoms with Crippen molar-refractivity contribution in [2.45, 2.75) is 13.5 Å². The highest BCUT2D eigenvalue weighted by Gasteiger charge is 2.14. The summed E-state index contributed by atoms with van der Waals surface area (Å²) in [6, 6.07) is 14.8. The van der Waals surface area contributed by atoms with Gasteiger partial charge in [-0.2, -0.15) is 10.4 Å². The number of amides is 1. The summed E-state index contributed by atoms with van der Waals surface area (Å²) in [7, 11) is 1.53. The molecule has 0 saturated carbocycles. The summed E-state index contributed by atoms with van der Waals surface area (Å²) in [6.07, 6.45) is 0. The molecular weight excluding hydrogens is 342 g/mol. The predicted molar refractivity (Wildman–Crippen MR) is 102 cm³/mol. The molecular formula is C20H19N5O2. The number of nitrogen functional groups attached to an aromatic ring is 1. The Balaban J connectivity index is 1.77. The molecule has 0 saturated heterocycles. The van der Waals surface area contributed by atoms with Crippen molar-refractivity contribution >= 4 is 11.7 Å². The number of para-hydroxylation sites is 1. The molecule has 0 aliphatic rings. The Labute approximate surface area is 156 Å². The lowest BCUT2D eigenvalue weighted by molar-refractivity contribution is 0.0948. The van der Waals surface area contributed by atoms with Crippen LogP contribution < -0.4 is 15.8 Å². The number of methoxy groups -OCH3 is 1. The minimum absolute atomic E-state index is 0.206. The van der Waals surface area contributed by atoms with Crippen molar-refractivity contribution in [3.8, 4) is 23.1 Å². The van der Waals surface area contributed by atoms with E-state index in [2.05, 4.69) is 21.6 Å². The second kappa shape index (κ2) is 7.62. The Kier molecular flexibility index (Phi) is 5.08. The number of aromatic amines is 1. The molecule has 7 heteroatoms. The zero-order chi connectivity index (χ0) is 19.4. The molecule has 27 heavy (non-hydrogen) atoms. The third kappa shape index (κ3) is 3.60.